The summed E-state index contributed by atoms with van der Waals surface area (Å²) in [6.45, 7) is 8.28. The maximum Gasteiger partial charge on any atom is 0.253 e. The first kappa shape index (κ1) is 20.8. The minimum Gasteiger partial charge on any atom is -0.497 e. The minimum atomic E-state index is -0.0468. The van der Waals surface area contributed by atoms with Crippen molar-refractivity contribution in [1.82, 2.24) is 10.2 Å². The predicted molar refractivity (Wildman–Crippen MR) is 112 cm³/mol. The lowest BCUT2D eigenvalue weighted by Crippen LogP contribution is -2.27. The number of carbonyl (C=O) groups excluding carboxylic acids is 1. The number of amides is 1. The van der Waals surface area contributed by atoms with E-state index in [0.717, 1.165) is 49.6 Å². The first-order valence-corrected chi connectivity index (χ1v) is 9.68. The molecule has 0 saturated carbocycles. The normalized spacial score (nSPS) is 10.7. The van der Waals surface area contributed by atoms with Gasteiger partial charge in [0.25, 0.3) is 5.91 Å². The summed E-state index contributed by atoms with van der Waals surface area (Å²) in [6.07, 6.45) is 2.07. The SMILES string of the molecule is CCN(CC)CCCCNC(=O)c1ccccc1Nc1ccc(OC)cc1. The van der Waals surface area contributed by atoms with Crippen molar-refractivity contribution in [2.24, 2.45) is 0 Å². The van der Waals surface area contributed by atoms with E-state index in [1.165, 1.54) is 0 Å². The summed E-state index contributed by atoms with van der Waals surface area (Å²) in [4.78, 5) is 15.0. The molecule has 0 bridgehead atoms. The fourth-order valence-corrected chi connectivity index (χ4v) is 2.92. The van der Waals surface area contributed by atoms with Gasteiger partial charge in [0.1, 0.15) is 5.75 Å². The van der Waals surface area contributed by atoms with E-state index in [9.17, 15) is 4.79 Å². The summed E-state index contributed by atoms with van der Waals surface area (Å²) < 4.78 is 5.18. The number of rotatable bonds is 11. The van der Waals surface area contributed by atoms with Gasteiger partial charge in [0.2, 0.25) is 0 Å². The number of benzene rings is 2. The zero-order chi connectivity index (χ0) is 19.5. The Labute approximate surface area is 162 Å². The average molecular weight is 370 g/mol. The van der Waals surface area contributed by atoms with Gasteiger partial charge < -0.3 is 20.3 Å². The summed E-state index contributed by atoms with van der Waals surface area (Å²) >= 11 is 0. The van der Waals surface area contributed by atoms with Gasteiger partial charge in [0.05, 0.1) is 18.4 Å². The van der Waals surface area contributed by atoms with Crippen LogP contribution in [0.5, 0.6) is 5.75 Å². The van der Waals surface area contributed by atoms with Crippen molar-refractivity contribution >= 4 is 17.3 Å². The van der Waals surface area contributed by atoms with Crippen molar-refractivity contribution in [2.75, 3.05) is 38.6 Å². The van der Waals surface area contributed by atoms with Gasteiger partial charge in [-0.2, -0.15) is 0 Å². The van der Waals surface area contributed by atoms with Crippen LogP contribution in [0.4, 0.5) is 11.4 Å². The Balaban J connectivity index is 1.89. The number of ether oxygens (including phenoxy) is 1. The number of methoxy groups -OCH3 is 1. The predicted octanol–water partition coefficient (Wildman–Crippen LogP) is 4.29. The summed E-state index contributed by atoms with van der Waals surface area (Å²) in [6, 6.07) is 15.2. The number of unbranched alkanes of at least 4 members (excludes halogenated alkanes) is 1. The Morgan fingerprint density at radius 1 is 1.00 bits per heavy atom. The highest BCUT2D eigenvalue weighted by molar-refractivity contribution is 6.00. The van der Waals surface area contributed by atoms with Crippen LogP contribution in [0.25, 0.3) is 0 Å². The maximum atomic E-state index is 12.6. The molecular weight excluding hydrogens is 338 g/mol. The molecular formula is C22H31N3O2. The Morgan fingerprint density at radius 2 is 1.70 bits per heavy atom. The second-order valence-corrected chi connectivity index (χ2v) is 6.39. The molecule has 146 valence electrons. The Bertz CT molecular complexity index is 697. The smallest absolute Gasteiger partial charge is 0.253 e. The van der Waals surface area contributed by atoms with Crippen molar-refractivity contribution in [3.8, 4) is 5.75 Å². The van der Waals surface area contributed by atoms with Crippen LogP contribution in [0.3, 0.4) is 0 Å². The second kappa shape index (κ2) is 11.2. The molecule has 2 rings (SSSR count). The molecule has 0 radical (unpaired) electrons. The Morgan fingerprint density at radius 3 is 2.37 bits per heavy atom. The summed E-state index contributed by atoms with van der Waals surface area (Å²) in [5, 5.41) is 6.35. The number of anilines is 2. The third kappa shape index (κ3) is 6.61. The van der Waals surface area contributed by atoms with E-state index < -0.39 is 0 Å². The number of hydrogen-bond donors (Lipinski definition) is 2. The van der Waals surface area contributed by atoms with Crippen LogP contribution in [-0.2, 0) is 0 Å². The number of para-hydroxylation sites is 1. The van der Waals surface area contributed by atoms with Crippen LogP contribution in [0, 0.1) is 0 Å². The van der Waals surface area contributed by atoms with Gasteiger partial charge in [-0.1, -0.05) is 26.0 Å². The minimum absolute atomic E-state index is 0.0468. The van der Waals surface area contributed by atoms with Crippen molar-refractivity contribution < 1.29 is 9.53 Å². The molecule has 0 spiro atoms. The van der Waals surface area contributed by atoms with E-state index >= 15 is 0 Å². The van der Waals surface area contributed by atoms with E-state index in [-0.39, 0.29) is 5.91 Å². The highest BCUT2D eigenvalue weighted by Crippen LogP contribution is 2.22. The van der Waals surface area contributed by atoms with E-state index in [2.05, 4.69) is 29.4 Å². The highest BCUT2D eigenvalue weighted by Gasteiger charge is 2.10. The first-order valence-electron chi connectivity index (χ1n) is 9.68. The molecule has 1 amide bonds. The van der Waals surface area contributed by atoms with Gasteiger partial charge in [-0.25, -0.2) is 0 Å². The quantitative estimate of drug-likeness (QED) is 0.580. The van der Waals surface area contributed by atoms with Crippen molar-refractivity contribution in [3.05, 3.63) is 54.1 Å². The van der Waals surface area contributed by atoms with Crippen molar-refractivity contribution in [2.45, 2.75) is 26.7 Å². The van der Waals surface area contributed by atoms with Crippen molar-refractivity contribution in [1.29, 1.82) is 0 Å². The standard InChI is InChI=1S/C22H31N3O2/c1-4-25(5-2)17-9-8-16-23-22(26)20-10-6-7-11-21(20)24-18-12-14-19(27-3)15-13-18/h6-7,10-15,24H,4-5,8-9,16-17H2,1-3H3,(H,23,26). The number of nitrogens with zero attached hydrogens (tertiary/aromatic N) is 1. The van der Waals surface area contributed by atoms with E-state index in [0.29, 0.717) is 12.1 Å². The zero-order valence-corrected chi connectivity index (χ0v) is 16.6. The van der Waals surface area contributed by atoms with Crippen LogP contribution in [0.1, 0.15) is 37.0 Å². The third-order valence-electron chi connectivity index (χ3n) is 4.62. The third-order valence-corrected chi connectivity index (χ3v) is 4.62. The molecule has 0 fully saturated rings. The highest BCUT2D eigenvalue weighted by atomic mass is 16.5. The summed E-state index contributed by atoms with van der Waals surface area (Å²) in [5.41, 5.74) is 2.36. The molecule has 5 nitrogen and oxygen atoms in total. The van der Waals surface area contributed by atoms with Gasteiger partial charge in [-0.3, -0.25) is 4.79 Å². The monoisotopic (exact) mass is 369 g/mol. The van der Waals surface area contributed by atoms with Gasteiger partial charge in [0.15, 0.2) is 0 Å². The molecule has 0 aliphatic heterocycles. The first-order chi connectivity index (χ1) is 13.2. The molecule has 0 unspecified atom stereocenters. The number of carbonyl (C=O) groups is 1. The molecule has 0 aliphatic carbocycles. The van der Waals surface area contributed by atoms with E-state index in [1.807, 2.05) is 48.5 Å². The second-order valence-electron chi connectivity index (χ2n) is 6.39. The molecule has 0 aliphatic rings. The van der Waals surface area contributed by atoms with Gasteiger partial charge in [0, 0.05) is 12.2 Å². The fraction of sp³-hybridized carbons (Fsp3) is 0.409. The lowest BCUT2D eigenvalue weighted by atomic mass is 10.1. The van der Waals surface area contributed by atoms with Crippen molar-refractivity contribution in [3.63, 3.8) is 0 Å². The lowest BCUT2D eigenvalue weighted by Gasteiger charge is -2.17. The Hall–Kier alpha value is -2.53. The molecule has 2 N–H and O–H groups in total. The van der Waals surface area contributed by atoms with Crippen LogP contribution in [0.2, 0.25) is 0 Å². The lowest BCUT2D eigenvalue weighted by molar-refractivity contribution is 0.0953. The number of hydrogen-bond acceptors (Lipinski definition) is 4. The van der Waals surface area contributed by atoms with Crippen LogP contribution in [0.15, 0.2) is 48.5 Å². The van der Waals surface area contributed by atoms with Crippen LogP contribution in [-0.4, -0.2) is 44.1 Å². The Kier molecular flexibility index (Phi) is 8.65. The molecule has 2 aromatic rings. The largest absolute Gasteiger partial charge is 0.497 e. The van der Waals surface area contributed by atoms with E-state index in [4.69, 9.17) is 4.74 Å². The molecule has 0 atom stereocenters. The zero-order valence-electron chi connectivity index (χ0n) is 16.6. The molecule has 27 heavy (non-hydrogen) atoms. The maximum absolute atomic E-state index is 12.6. The molecule has 0 saturated heterocycles. The topological polar surface area (TPSA) is 53.6 Å². The van der Waals surface area contributed by atoms with E-state index in [1.54, 1.807) is 7.11 Å². The molecule has 5 heteroatoms. The number of nitrogens with one attached hydrogen (secondary N) is 2. The average Bonchev–Trinajstić information content (AvgIpc) is 2.71. The van der Waals surface area contributed by atoms with Gasteiger partial charge >= 0.3 is 0 Å². The molecule has 0 aromatic heterocycles. The summed E-state index contributed by atoms with van der Waals surface area (Å²) in [7, 11) is 1.64. The molecule has 0 heterocycles. The summed E-state index contributed by atoms with van der Waals surface area (Å²) in [5.74, 6) is 0.755. The van der Waals surface area contributed by atoms with Gasteiger partial charge in [-0.05, 0) is 68.9 Å². The van der Waals surface area contributed by atoms with Gasteiger partial charge in [-0.15, -0.1) is 0 Å². The van der Waals surface area contributed by atoms with Crippen LogP contribution >= 0.6 is 0 Å². The fourth-order valence-electron chi connectivity index (χ4n) is 2.92. The van der Waals surface area contributed by atoms with Crippen LogP contribution < -0.4 is 15.4 Å². The molecule has 2 aromatic carbocycles.